The van der Waals surface area contributed by atoms with Crippen molar-refractivity contribution in [1.29, 1.82) is 0 Å². The van der Waals surface area contributed by atoms with E-state index in [-0.39, 0.29) is 6.04 Å². The van der Waals surface area contributed by atoms with Crippen LogP contribution in [-0.4, -0.2) is 41.9 Å². The number of hydrogen-bond acceptors (Lipinski definition) is 3. The number of fused-ring (bicyclic) bond motifs is 1. The van der Waals surface area contributed by atoms with E-state index in [1.165, 1.54) is 11.3 Å². The van der Waals surface area contributed by atoms with Gasteiger partial charge in [0.1, 0.15) is 17.5 Å². The monoisotopic (exact) mass is 421 g/mol. The molecular weight excluding hydrogens is 394 g/mol. The predicted octanol–water partition coefficient (Wildman–Crippen LogP) is 4.03. The van der Waals surface area contributed by atoms with E-state index < -0.39 is 0 Å². The highest BCUT2D eigenvalue weighted by atomic mass is 32.1. The van der Waals surface area contributed by atoms with E-state index in [2.05, 4.69) is 57.4 Å². The van der Waals surface area contributed by atoms with Crippen LogP contribution in [0.2, 0.25) is 0 Å². The van der Waals surface area contributed by atoms with E-state index in [0.717, 1.165) is 48.2 Å². The van der Waals surface area contributed by atoms with Gasteiger partial charge in [0.2, 0.25) is 0 Å². The maximum atomic E-state index is 5.84. The molecule has 1 atom stereocenters. The van der Waals surface area contributed by atoms with Crippen molar-refractivity contribution in [1.82, 2.24) is 14.8 Å². The highest BCUT2D eigenvalue weighted by Crippen LogP contribution is 2.39. The molecule has 0 radical (unpaired) electrons. The summed E-state index contributed by atoms with van der Waals surface area (Å²) in [5.74, 6) is 1.63. The van der Waals surface area contributed by atoms with Gasteiger partial charge >= 0.3 is 0 Å². The molecule has 1 aromatic heterocycles. The van der Waals surface area contributed by atoms with Gasteiger partial charge < -0.3 is 24.3 Å². The summed E-state index contributed by atoms with van der Waals surface area (Å²) in [6.07, 6.45) is 3.05. The number of thiocarbonyl (C=S) groups is 1. The second kappa shape index (κ2) is 9.22. The Morgan fingerprint density at radius 1 is 1.03 bits per heavy atom. The third-order valence-electron chi connectivity index (χ3n) is 5.56. The van der Waals surface area contributed by atoms with Crippen molar-refractivity contribution in [2.45, 2.75) is 19.0 Å². The van der Waals surface area contributed by atoms with E-state index in [1.807, 2.05) is 24.3 Å². The Kier molecular flexibility index (Phi) is 6.23. The summed E-state index contributed by atoms with van der Waals surface area (Å²) in [5, 5.41) is 4.22. The third-order valence-corrected chi connectivity index (χ3v) is 5.94. The first kappa shape index (κ1) is 20.3. The highest BCUT2D eigenvalue weighted by Gasteiger charge is 2.32. The maximum absolute atomic E-state index is 5.84. The Balaban J connectivity index is 1.60. The molecule has 1 aliphatic rings. The molecule has 2 heterocycles. The zero-order valence-corrected chi connectivity index (χ0v) is 18.2. The van der Waals surface area contributed by atoms with Gasteiger partial charge in [-0.1, -0.05) is 30.3 Å². The largest absolute Gasteiger partial charge is 0.497 e. The molecule has 4 rings (SSSR count). The number of methoxy groups -OCH3 is 2. The number of ether oxygens (including phenoxy) is 2. The SMILES string of the molecule is COc1ccc(OC)c(C2c3cccn3CCN2C(=S)NCCc2ccccc2)c1. The molecule has 0 fully saturated rings. The van der Waals surface area contributed by atoms with Gasteiger partial charge in [0.05, 0.1) is 14.2 Å². The van der Waals surface area contributed by atoms with Gasteiger partial charge in [0.25, 0.3) is 0 Å². The van der Waals surface area contributed by atoms with Gasteiger partial charge in [0, 0.05) is 37.1 Å². The minimum atomic E-state index is -0.0458. The lowest BCUT2D eigenvalue weighted by Gasteiger charge is -2.39. The summed E-state index contributed by atoms with van der Waals surface area (Å²) in [6, 6.07) is 20.6. The van der Waals surface area contributed by atoms with Crippen molar-refractivity contribution in [2.75, 3.05) is 27.3 Å². The second-order valence-corrected chi connectivity index (χ2v) is 7.68. The van der Waals surface area contributed by atoms with Crippen LogP contribution in [0.3, 0.4) is 0 Å². The van der Waals surface area contributed by atoms with E-state index >= 15 is 0 Å². The molecule has 1 N–H and O–H groups in total. The number of benzene rings is 2. The molecule has 156 valence electrons. The van der Waals surface area contributed by atoms with E-state index in [4.69, 9.17) is 21.7 Å². The Morgan fingerprint density at radius 3 is 2.63 bits per heavy atom. The first-order chi connectivity index (χ1) is 14.7. The van der Waals surface area contributed by atoms with Crippen LogP contribution in [0, 0.1) is 0 Å². The zero-order valence-electron chi connectivity index (χ0n) is 17.4. The van der Waals surface area contributed by atoms with Crippen molar-refractivity contribution >= 4 is 17.3 Å². The minimum Gasteiger partial charge on any atom is -0.497 e. The molecule has 0 aliphatic carbocycles. The Labute approximate surface area is 183 Å². The molecule has 1 unspecified atom stereocenters. The highest BCUT2D eigenvalue weighted by molar-refractivity contribution is 7.80. The molecule has 0 amide bonds. The van der Waals surface area contributed by atoms with Gasteiger partial charge in [-0.2, -0.15) is 0 Å². The molecule has 0 saturated carbocycles. The van der Waals surface area contributed by atoms with Crippen molar-refractivity contribution < 1.29 is 9.47 Å². The van der Waals surface area contributed by atoms with Crippen LogP contribution in [0.15, 0.2) is 66.9 Å². The molecule has 0 spiro atoms. The van der Waals surface area contributed by atoms with Gasteiger partial charge in [-0.25, -0.2) is 0 Å². The molecular formula is C24H27N3O2S. The summed E-state index contributed by atoms with van der Waals surface area (Å²) in [4.78, 5) is 2.26. The standard InChI is InChI=1S/C24H27N3O2S/c1-28-19-10-11-22(29-2)20(17-19)23-21-9-6-14-26(21)15-16-27(23)24(30)25-13-12-18-7-4-3-5-8-18/h3-11,14,17,23H,12-13,15-16H2,1-2H3,(H,25,30). The van der Waals surface area contributed by atoms with E-state index in [9.17, 15) is 0 Å². The normalized spacial score (nSPS) is 15.4. The fourth-order valence-electron chi connectivity index (χ4n) is 4.04. The van der Waals surface area contributed by atoms with Gasteiger partial charge in [-0.3, -0.25) is 0 Å². The maximum Gasteiger partial charge on any atom is 0.169 e. The number of nitrogens with zero attached hydrogens (tertiary/aromatic N) is 2. The Hall–Kier alpha value is -2.99. The van der Waals surface area contributed by atoms with Crippen molar-refractivity contribution in [3.63, 3.8) is 0 Å². The summed E-state index contributed by atoms with van der Waals surface area (Å²) < 4.78 is 13.5. The van der Waals surface area contributed by atoms with Crippen LogP contribution in [0.1, 0.15) is 22.9 Å². The van der Waals surface area contributed by atoms with Gasteiger partial charge in [0.15, 0.2) is 5.11 Å². The zero-order chi connectivity index (χ0) is 20.9. The van der Waals surface area contributed by atoms with E-state index in [0.29, 0.717) is 0 Å². The van der Waals surface area contributed by atoms with Crippen LogP contribution in [0.25, 0.3) is 0 Å². The lowest BCUT2D eigenvalue weighted by molar-refractivity contribution is 0.278. The molecule has 5 nitrogen and oxygen atoms in total. The minimum absolute atomic E-state index is 0.0458. The fourth-order valence-corrected chi connectivity index (χ4v) is 4.34. The van der Waals surface area contributed by atoms with Crippen molar-refractivity contribution in [3.8, 4) is 11.5 Å². The molecule has 6 heteroatoms. The molecule has 1 aliphatic heterocycles. The van der Waals surface area contributed by atoms with Crippen LogP contribution >= 0.6 is 12.2 Å². The second-order valence-electron chi connectivity index (χ2n) is 7.30. The van der Waals surface area contributed by atoms with Crippen LogP contribution in [0.4, 0.5) is 0 Å². The van der Waals surface area contributed by atoms with Gasteiger partial charge in [-0.05, 0) is 54.5 Å². The lowest BCUT2D eigenvalue weighted by atomic mass is 9.99. The first-order valence-electron chi connectivity index (χ1n) is 10.2. The Morgan fingerprint density at radius 2 is 1.87 bits per heavy atom. The first-order valence-corrected chi connectivity index (χ1v) is 10.6. The number of nitrogens with one attached hydrogen (secondary N) is 1. The average molecular weight is 422 g/mol. The van der Waals surface area contributed by atoms with E-state index in [1.54, 1.807) is 14.2 Å². The predicted molar refractivity (Wildman–Crippen MR) is 123 cm³/mol. The lowest BCUT2D eigenvalue weighted by Crippen LogP contribution is -2.47. The third kappa shape index (κ3) is 4.14. The molecule has 3 aromatic rings. The summed E-state index contributed by atoms with van der Waals surface area (Å²) in [5.41, 5.74) is 3.54. The smallest absolute Gasteiger partial charge is 0.169 e. The quantitative estimate of drug-likeness (QED) is 0.609. The molecule has 2 aromatic carbocycles. The fraction of sp³-hybridized carbons (Fsp3) is 0.292. The summed E-state index contributed by atoms with van der Waals surface area (Å²) >= 11 is 5.84. The Bertz CT molecular complexity index is 1000. The summed E-state index contributed by atoms with van der Waals surface area (Å²) in [7, 11) is 3.39. The molecule has 0 saturated heterocycles. The molecule has 30 heavy (non-hydrogen) atoms. The number of hydrogen-bond donors (Lipinski definition) is 1. The average Bonchev–Trinajstić information content (AvgIpc) is 3.27. The summed E-state index contributed by atoms with van der Waals surface area (Å²) in [6.45, 7) is 2.51. The van der Waals surface area contributed by atoms with Crippen molar-refractivity contribution in [2.24, 2.45) is 0 Å². The van der Waals surface area contributed by atoms with Crippen LogP contribution in [0.5, 0.6) is 11.5 Å². The topological polar surface area (TPSA) is 38.7 Å². The van der Waals surface area contributed by atoms with Crippen molar-refractivity contribution in [3.05, 3.63) is 83.7 Å². The van der Waals surface area contributed by atoms with Crippen LogP contribution < -0.4 is 14.8 Å². The number of aromatic nitrogens is 1. The molecule has 0 bridgehead atoms. The van der Waals surface area contributed by atoms with Gasteiger partial charge in [-0.15, -0.1) is 0 Å². The van der Waals surface area contributed by atoms with Crippen LogP contribution in [-0.2, 0) is 13.0 Å². The number of rotatable bonds is 6.